The van der Waals surface area contributed by atoms with Crippen molar-refractivity contribution in [2.75, 3.05) is 0 Å². The summed E-state index contributed by atoms with van der Waals surface area (Å²) >= 11 is 5.73. The molecule has 0 saturated heterocycles. The van der Waals surface area contributed by atoms with E-state index in [9.17, 15) is 15.2 Å². The monoisotopic (exact) mass is 286 g/mol. The molecule has 3 N–H and O–H groups in total. The molecule has 0 radical (unpaired) electrons. The van der Waals surface area contributed by atoms with E-state index in [1.165, 1.54) is 12.1 Å². The summed E-state index contributed by atoms with van der Waals surface area (Å²) in [5, 5.41) is 20.9. The summed E-state index contributed by atoms with van der Waals surface area (Å²) in [4.78, 5) is 10.2. The number of nitro benzene ring substituents is 1. The third kappa shape index (κ3) is 4.45. The van der Waals surface area contributed by atoms with E-state index in [1.54, 1.807) is 6.07 Å². The summed E-state index contributed by atoms with van der Waals surface area (Å²) < 4.78 is 0. The fourth-order valence-electron chi connectivity index (χ4n) is 1.78. The van der Waals surface area contributed by atoms with E-state index in [1.807, 2.05) is 0 Å². The fourth-order valence-corrected chi connectivity index (χ4v) is 1.97. The third-order valence-electron chi connectivity index (χ3n) is 3.01. The molecular weight excluding hydrogens is 268 g/mol. The van der Waals surface area contributed by atoms with Crippen molar-refractivity contribution in [1.82, 2.24) is 0 Å². The summed E-state index contributed by atoms with van der Waals surface area (Å²) in [6.07, 6.45) is 0.697. The number of halogens is 1. The highest BCUT2D eigenvalue weighted by molar-refractivity contribution is 6.32. The minimum absolute atomic E-state index is 0.0672. The number of aliphatic hydroxyl groups is 1. The Morgan fingerprint density at radius 2 is 2.05 bits per heavy atom. The topological polar surface area (TPSA) is 89.4 Å². The highest BCUT2D eigenvalue weighted by Crippen LogP contribution is 2.29. The largest absolute Gasteiger partial charge is 0.391 e. The Bertz CT molecular complexity index is 452. The zero-order valence-corrected chi connectivity index (χ0v) is 11.8. The Balaban J connectivity index is 2.84. The van der Waals surface area contributed by atoms with Gasteiger partial charge in [0.2, 0.25) is 0 Å². The molecule has 0 fully saturated rings. The van der Waals surface area contributed by atoms with E-state index in [-0.39, 0.29) is 10.7 Å². The summed E-state index contributed by atoms with van der Waals surface area (Å²) in [6, 6.07) is 3.73. The van der Waals surface area contributed by atoms with E-state index in [0.29, 0.717) is 17.9 Å². The van der Waals surface area contributed by atoms with Crippen LogP contribution in [-0.4, -0.2) is 16.1 Å². The van der Waals surface area contributed by atoms with Crippen molar-refractivity contribution >= 4 is 17.3 Å². The van der Waals surface area contributed by atoms with Crippen molar-refractivity contribution in [3.8, 4) is 0 Å². The van der Waals surface area contributed by atoms with Gasteiger partial charge in [-0.05, 0) is 30.4 Å². The molecule has 0 aliphatic heterocycles. The van der Waals surface area contributed by atoms with Gasteiger partial charge in [0.15, 0.2) is 0 Å². The van der Waals surface area contributed by atoms with E-state index in [2.05, 4.69) is 13.8 Å². The first kappa shape index (κ1) is 15.9. The average Bonchev–Trinajstić information content (AvgIpc) is 2.35. The van der Waals surface area contributed by atoms with Gasteiger partial charge in [-0.15, -0.1) is 0 Å². The number of aliphatic hydroxyl groups excluding tert-OH is 1. The molecule has 0 aliphatic rings. The number of hydrogen-bond donors (Lipinski definition) is 2. The van der Waals surface area contributed by atoms with Crippen LogP contribution in [0.1, 0.15) is 38.3 Å². The van der Waals surface area contributed by atoms with Crippen LogP contribution in [0.2, 0.25) is 5.02 Å². The molecule has 0 heterocycles. The van der Waals surface area contributed by atoms with E-state index < -0.39 is 17.1 Å². The lowest BCUT2D eigenvalue weighted by Gasteiger charge is -2.20. The van der Waals surface area contributed by atoms with Gasteiger partial charge in [0, 0.05) is 6.07 Å². The summed E-state index contributed by atoms with van der Waals surface area (Å²) in [6.45, 7) is 4.12. The SMILES string of the molecule is CC(C)CC[C@H](O)[C@H](N)c1ccc(Cl)c([N+](=O)[O-])c1. The summed E-state index contributed by atoms with van der Waals surface area (Å²) in [5.41, 5.74) is 6.26. The van der Waals surface area contributed by atoms with Gasteiger partial charge in [-0.25, -0.2) is 0 Å². The number of hydrogen-bond acceptors (Lipinski definition) is 4. The van der Waals surface area contributed by atoms with Crippen LogP contribution in [0.3, 0.4) is 0 Å². The second-order valence-corrected chi connectivity index (χ2v) is 5.44. The van der Waals surface area contributed by atoms with Gasteiger partial charge in [0.25, 0.3) is 5.69 Å². The smallest absolute Gasteiger partial charge is 0.288 e. The van der Waals surface area contributed by atoms with Crippen LogP contribution in [0, 0.1) is 16.0 Å². The lowest BCUT2D eigenvalue weighted by Crippen LogP contribution is -2.26. The van der Waals surface area contributed by atoms with Gasteiger partial charge < -0.3 is 10.8 Å². The summed E-state index contributed by atoms with van der Waals surface area (Å²) in [7, 11) is 0. The Hall–Kier alpha value is -1.17. The zero-order chi connectivity index (χ0) is 14.6. The lowest BCUT2D eigenvalue weighted by atomic mass is 9.96. The highest BCUT2D eigenvalue weighted by atomic mass is 35.5. The van der Waals surface area contributed by atoms with Crippen molar-refractivity contribution in [1.29, 1.82) is 0 Å². The lowest BCUT2D eigenvalue weighted by molar-refractivity contribution is -0.384. The van der Waals surface area contributed by atoms with Gasteiger partial charge in [0.1, 0.15) is 5.02 Å². The maximum Gasteiger partial charge on any atom is 0.288 e. The predicted molar refractivity (Wildman–Crippen MR) is 75.1 cm³/mol. The van der Waals surface area contributed by atoms with Crippen molar-refractivity contribution in [2.24, 2.45) is 11.7 Å². The van der Waals surface area contributed by atoms with Crippen LogP contribution in [0.5, 0.6) is 0 Å². The minimum atomic E-state index is -0.719. The molecule has 0 aliphatic carbocycles. The number of nitro groups is 1. The number of nitrogens with zero attached hydrogens (tertiary/aromatic N) is 1. The first-order valence-electron chi connectivity index (χ1n) is 6.20. The van der Waals surface area contributed by atoms with Gasteiger partial charge in [0.05, 0.1) is 17.1 Å². The van der Waals surface area contributed by atoms with Crippen molar-refractivity contribution in [3.63, 3.8) is 0 Å². The third-order valence-corrected chi connectivity index (χ3v) is 3.33. The second kappa shape index (κ2) is 6.84. The molecule has 6 heteroatoms. The minimum Gasteiger partial charge on any atom is -0.391 e. The molecule has 1 aromatic rings. The predicted octanol–water partition coefficient (Wildman–Crippen LogP) is 3.05. The second-order valence-electron chi connectivity index (χ2n) is 5.03. The first-order chi connectivity index (χ1) is 8.82. The normalized spacial score (nSPS) is 14.4. The van der Waals surface area contributed by atoms with Crippen LogP contribution in [-0.2, 0) is 0 Å². The van der Waals surface area contributed by atoms with E-state index in [4.69, 9.17) is 17.3 Å². The van der Waals surface area contributed by atoms with Crippen molar-refractivity contribution in [3.05, 3.63) is 38.9 Å². The molecule has 0 amide bonds. The van der Waals surface area contributed by atoms with Gasteiger partial charge in [-0.3, -0.25) is 10.1 Å². The van der Waals surface area contributed by atoms with Crippen molar-refractivity contribution < 1.29 is 10.0 Å². The summed E-state index contributed by atoms with van der Waals surface area (Å²) in [5.74, 6) is 0.474. The number of benzene rings is 1. The van der Waals surface area contributed by atoms with Crippen LogP contribution in [0.15, 0.2) is 18.2 Å². The number of nitrogens with two attached hydrogens (primary N) is 1. The first-order valence-corrected chi connectivity index (χ1v) is 6.58. The number of rotatable bonds is 6. The molecule has 0 unspecified atom stereocenters. The molecule has 19 heavy (non-hydrogen) atoms. The van der Waals surface area contributed by atoms with Gasteiger partial charge in [-0.1, -0.05) is 31.5 Å². The molecule has 0 saturated carbocycles. The van der Waals surface area contributed by atoms with Crippen LogP contribution >= 0.6 is 11.6 Å². The van der Waals surface area contributed by atoms with E-state index in [0.717, 1.165) is 6.42 Å². The van der Waals surface area contributed by atoms with Gasteiger partial charge >= 0.3 is 0 Å². The fraction of sp³-hybridized carbons (Fsp3) is 0.538. The Labute approximate surface area is 117 Å². The molecule has 2 atom stereocenters. The highest BCUT2D eigenvalue weighted by Gasteiger charge is 2.21. The Kier molecular flexibility index (Phi) is 5.72. The Morgan fingerprint density at radius 3 is 2.58 bits per heavy atom. The molecular formula is C13H19ClN2O3. The van der Waals surface area contributed by atoms with Crippen LogP contribution in [0.4, 0.5) is 5.69 Å². The zero-order valence-electron chi connectivity index (χ0n) is 11.0. The standard InChI is InChI=1S/C13H19ClN2O3/c1-8(2)3-6-12(17)13(15)9-4-5-10(14)11(7-9)16(18)19/h4-5,7-8,12-13,17H,3,6,15H2,1-2H3/t12-,13+/m0/s1. The molecule has 5 nitrogen and oxygen atoms in total. The Morgan fingerprint density at radius 1 is 1.42 bits per heavy atom. The van der Waals surface area contributed by atoms with Crippen LogP contribution in [0.25, 0.3) is 0 Å². The van der Waals surface area contributed by atoms with Crippen LogP contribution < -0.4 is 5.73 Å². The maximum absolute atomic E-state index is 10.8. The van der Waals surface area contributed by atoms with Crippen molar-refractivity contribution in [2.45, 2.75) is 38.8 Å². The van der Waals surface area contributed by atoms with E-state index >= 15 is 0 Å². The van der Waals surface area contributed by atoms with Gasteiger partial charge in [-0.2, -0.15) is 0 Å². The molecule has 0 bridgehead atoms. The quantitative estimate of drug-likeness (QED) is 0.621. The molecule has 1 rings (SSSR count). The molecule has 1 aromatic carbocycles. The maximum atomic E-state index is 10.8. The molecule has 106 valence electrons. The molecule has 0 spiro atoms. The average molecular weight is 287 g/mol. The molecule has 0 aromatic heterocycles.